The zero-order valence-electron chi connectivity index (χ0n) is 16.8. The molecule has 1 aliphatic heterocycles. The Balaban J connectivity index is 1.68. The summed E-state index contributed by atoms with van der Waals surface area (Å²) in [7, 11) is 0. The molecule has 3 heterocycles. The molecule has 0 amide bonds. The number of nitrogens with zero attached hydrogens (tertiary/aromatic N) is 2. The van der Waals surface area contributed by atoms with Gasteiger partial charge in [-0.05, 0) is 36.2 Å². The van der Waals surface area contributed by atoms with Crippen molar-refractivity contribution in [3.05, 3.63) is 106 Å². The standard InChI is InChI=1S/C25H17N3O3/c1-14-6-7-17(13-28-14)15-8-10-16(11-9-15)21-19(12-26)24(27)31-23-18-4-2-3-5-20(18)30-25(29)22(21)23/h2-11,13,21H,27H2,1H3/p+1. The molecule has 31 heavy (non-hydrogen) atoms. The van der Waals surface area contributed by atoms with Gasteiger partial charge in [-0.3, -0.25) is 10.7 Å². The number of nitriles is 1. The number of fused-ring (bicyclic) bond motifs is 3. The number of aromatic nitrogens is 1. The highest BCUT2D eigenvalue weighted by atomic mass is 16.5. The minimum Gasteiger partial charge on any atom is -0.422 e. The highest BCUT2D eigenvalue weighted by Gasteiger charge is 2.37. The lowest BCUT2D eigenvalue weighted by Gasteiger charge is -2.24. The summed E-state index contributed by atoms with van der Waals surface area (Å²) in [6.45, 7) is 1.94. The maximum Gasteiger partial charge on any atom is 0.344 e. The van der Waals surface area contributed by atoms with Crippen molar-refractivity contribution in [1.29, 1.82) is 5.26 Å². The Morgan fingerprint density at radius 3 is 2.48 bits per heavy atom. The molecule has 0 aliphatic carbocycles. The molecule has 0 bridgehead atoms. The van der Waals surface area contributed by atoms with Crippen molar-refractivity contribution >= 4 is 11.0 Å². The van der Waals surface area contributed by atoms with Crippen molar-refractivity contribution in [2.75, 3.05) is 0 Å². The van der Waals surface area contributed by atoms with Crippen LogP contribution in [0.15, 0.2) is 87.5 Å². The van der Waals surface area contributed by atoms with Crippen LogP contribution in [0, 0.1) is 18.3 Å². The van der Waals surface area contributed by atoms with E-state index in [0.29, 0.717) is 27.9 Å². The summed E-state index contributed by atoms with van der Waals surface area (Å²) >= 11 is 0. The number of benzene rings is 2. The van der Waals surface area contributed by atoms with Crippen molar-refractivity contribution in [3.8, 4) is 22.9 Å². The summed E-state index contributed by atoms with van der Waals surface area (Å²) < 4.78 is 11.4. The second-order valence-electron chi connectivity index (χ2n) is 7.42. The molecule has 0 saturated heterocycles. The Kier molecular flexibility index (Phi) is 4.39. The van der Waals surface area contributed by atoms with Crippen LogP contribution in [0.4, 0.5) is 0 Å². The molecular formula is C25H18N3O3+. The first-order chi connectivity index (χ1) is 15.1. The van der Waals surface area contributed by atoms with Gasteiger partial charge in [0.25, 0.3) is 0 Å². The van der Waals surface area contributed by atoms with Crippen LogP contribution in [-0.2, 0) is 0 Å². The zero-order chi connectivity index (χ0) is 21.5. The summed E-state index contributed by atoms with van der Waals surface area (Å²) in [5.41, 5.74) is 8.16. The smallest absolute Gasteiger partial charge is 0.344 e. The largest absolute Gasteiger partial charge is 0.422 e. The van der Waals surface area contributed by atoms with Crippen LogP contribution in [0.2, 0.25) is 0 Å². The summed E-state index contributed by atoms with van der Waals surface area (Å²) in [5.74, 6) is 0.0162. The first-order valence-electron chi connectivity index (χ1n) is 9.79. The van der Waals surface area contributed by atoms with Gasteiger partial charge < -0.3 is 9.15 Å². The molecule has 3 N–H and O–H groups in total. The lowest BCUT2D eigenvalue weighted by molar-refractivity contribution is -0.344. The molecule has 5 rings (SSSR count). The normalized spacial score (nSPS) is 15.3. The second-order valence-corrected chi connectivity index (χ2v) is 7.42. The van der Waals surface area contributed by atoms with Crippen molar-refractivity contribution in [1.82, 2.24) is 4.98 Å². The number of para-hydroxylation sites is 1. The monoisotopic (exact) mass is 408 g/mol. The Bertz CT molecular complexity index is 1440. The van der Waals surface area contributed by atoms with Crippen LogP contribution in [0.3, 0.4) is 0 Å². The highest BCUT2D eigenvalue weighted by Crippen LogP contribution is 2.43. The van der Waals surface area contributed by atoms with E-state index in [1.807, 2.05) is 61.7 Å². The Morgan fingerprint density at radius 2 is 1.77 bits per heavy atom. The van der Waals surface area contributed by atoms with E-state index in [0.717, 1.165) is 22.4 Å². The molecule has 0 fully saturated rings. The third-order valence-electron chi connectivity index (χ3n) is 5.51. The van der Waals surface area contributed by atoms with Crippen LogP contribution >= 0.6 is 0 Å². The van der Waals surface area contributed by atoms with Gasteiger partial charge in [-0.1, -0.05) is 42.5 Å². The first kappa shape index (κ1) is 18.8. The van der Waals surface area contributed by atoms with Crippen LogP contribution in [0.1, 0.15) is 22.7 Å². The maximum atomic E-state index is 12.9. The molecule has 4 aromatic rings. The molecule has 1 unspecified atom stereocenters. The van der Waals surface area contributed by atoms with Gasteiger partial charge in [0.15, 0.2) is 5.75 Å². The number of ether oxygens (including phenoxy) is 1. The van der Waals surface area contributed by atoms with Gasteiger partial charge >= 0.3 is 11.5 Å². The molecule has 1 atom stereocenters. The van der Waals surface area contributed by atoms with Crippen molar-refractivity contribution in [2.24, 2.45) is 0 Å². The quantitative estimate of drug-likeness (QED) is 0.510. The third-order valence-corrected chi connectivity index (χ3v) is 5.51. The fraction of sp³-hybridized carbons (Fsp3) is 0.0800. The number of pyridine rings is 1. The Labute approximate surface area is 177 Å². The molecular weight excluding hydrogens is 390 g/mol. The van der Waals surface area contributed by atoms with Gasteiger partial charge in [-0.15, -0.1) is 0 Å². The van der Waals surface area contributed by atoms with Crippen LogP contribution in [0.25, 0.3) is 22.1 Å². The number of quaternary nitrogens is 1. The van der Waals surface area contributed by atoms with Gasteiger partial charge in [0.05, 0.1) is 16.9 Å². The molecule has 0 saturated carbocycles. The van der Waals surface area contributed by atoms with E-state index in [9.17, 15) is 10.1 Å². The predicted molar refractivity (Wildman–Crippen MR) is 115 cm³/mol. The Morgan fingerprint density at radius 1 is 1.03 bits per heavy atom. The van der Waals surface area contributed by atoms with E-state index in [1.165, 1.54) is 0 Å². The summed E-state index contributed by atoms with van der Waals surface area (Å²) in [6, 6.07) is 21.0. The molecule has 0 spiro atoms. The summed E-state index contributed by atoms with van der Waals surface area (Å²) in [4.78, 5) is 17.3. The molecule has 2 aromatic carbocycles. The fourth-order valence-electron chi connectivity index (χ4n) is 3.95. The molecule has 6 nitrogen and oxygen atoms in total. The lowest BCUT2D eigenvalue weighted by atomic mass is 9.83. The number of aryl methyl sites for hydroxylation is 1. The van der Waals surface area contributed by atoms with E-state index in [-0.39, 0.29) is 5.88 Å². The topological polar surface area (TPSA) is 104 Å². The molecule has 0 radical (unpaired) electrons. The predicted octanol–water partition coefficient (Wildman–Crippen LogP) is 3.66. The molecule has 1 aliphatic rings. The highest BCUT2D eigenvalue weighted by molar-refractivity contribution is 5.86. The van der Waals surface area contributed by atoms with Crippen molar-refractivity contribution < 1.29 is 14.9 Å². The summed E-state index contributed by atoms with van der Waals surface area (Å²) in [6.07, 6.45) is 1.82. The SMILES string of the molecule is Cc1ccc(-c2ccc(C3C(C#N)=C([NH3+])Oc4c3c(=O)oc3ccccc43)cc2)cn1. The zero-order valence-corrected chi connectivity index (χ0v) is 16.8. The van der Waals surface area contributed by atoms with Gasteiger partial charge in [-0.25, -0.2) is 4.79 Å². The summed E-state index contributed by atoms with van der Waals surface area (Å²) in [5, 5.41) is 10.5. The fourth-order valence-corrected chi connectivity index (χ4v) is 3.95. The third kappa shape index (κ3) is 3.08. The van der Waals surface area contributed by atoms with Crippen LogP contribution < -0.4 is 16.1 Å². The Hall–Kier alpha value is -4.21. The molecule has 6 heteroatoms. The molecule has 150 valence electrons. The van der Waals surface area contributed by atoms with Gasteiger partial charge in [-0.2, -0.15) is 5.26 Å². The van der Waals surface area contributed by atoms with E-state index in [4.69, 9.17) is 9.15 Å². The average Bonchev–Trinajstić information content (AvgIpc) is 2.79. The second kappa shape index (κ2) is 7.24. The number of hydrogen-bond donors (Lipinski definition) is 1. The van der Waals surface area contributed by atoms with E-state index in [1.54, 1.807) is 12.1 Å². The van der Waals surface area contributed by atoms with E-state index >= 15 is 0 Å². The average molecular weight is 408 g/mol. The van der Waals surface area contributed by atoms with Crippen LogP contribution in [-0.4, -0.2) is 4.98 Å². The number of rotatable bonds is 2. The van der Waals surface area contributed by atoms with Gasteiger partial charge in [0.1, 0.15) is 17.2 Å². The van der Waals surface area contributed by atoms with Crippen molar-refractivity contribution in [3.63, 3.8) is 0 Å². The van der Waals surface area contributed by atoms with E-state index in [2.05, 4.69) is 16.8 Å². The number of allylic oxidation sites excluding steroid dienone is 1. The van der Waals surface area contributed by atoms with Crippen LogP contribution in [0.5, 0.6) is 5.75 Å². The van der Waals surface area contributed by atoms with Crippen molar-refractivity contribution in [2.45, 2.75) is 12.8 Å². The minimum atomic E-state index is -0.618. The first-order valence-corrected chi connectivity index (χ1v) is 9.79. The lowest BCUT2D eigenvalue weighted by Crippen LogP contribution is -2.53. The molecule has 2 aromatic heterocycles. The van der Waals surface area contributed by atoms with E-state index < -0.39 is 11.5 Å². The van der Waals surface area contributed by atoms with Gasteiger partial charge in [0.2, 0.25) is 0 Å². The minimum absolute atomic E-state index is 0.238. The maximum absolute atomic E-state index is 12.9. The number of hydrogen-bond acceptors (Lipinski definition) is 5. The van der Waals surface area contributed by atoms with Gasteiger partial charge in [0, 0.05) is 17.5 Å².